The van der Waals surface area contributed by atoms with E-state index in [1.807, 2.05) is 0 Å². The largest absolute Gasteiger partial charge is 0.418 e. The molecule has 2 saturated carbocycles. The van der Waals surface area contributed by atoms with Gasteiger partial charge in [0.25, 0.3) is 0 Å². The predicted molar refractivity (Wildman–Crippen MR) is 84.2 cm³/mol. The first kappa shape index (κ1) is 17.0. The first-order valence-electron chi connectivity index (χ1n) is 8.49. The molecule has 2 saturated heterocycles. The summed E-state index contributed by atoms with van der Waals surface area (Å²) in [4.78, 5) is 26.2. The van der Waals surface area contributed by atoms with Crippen molar-refractivity contribution in [3.8, 4) is 0 Å². The molecule has 4 N–H and O–H groups in total. The van der Waals surface area contributed by atoms with Crippen molar-refractivity contribution < 1.29 is 26.8 Å². The van der Waals surface area contributed by atoms with E-state index in [2.05, 4.69) is 9.60 Å². The number of nitrogens with zero attached hydrogens (tertiary/aromatic N) is 2. The van der Waals surface area contributed by atoms with Gasteiger partial charge in [-0.3, -0.25) is 9.35 Å². The van der Waals surface area contributed by atoms with Crippen LogP contribution in [0.2, 0.25) is 0 Å². The summed E-state index contributed by atoms with van der Waals surface area (Å²) in [5.74, 6) is -0.219. The fourth-order valence-electron chi connectivity index (χ4n) is 4.88. The van der Waals surface area contributed by atoms with Gasteiger partial charge < -0.3 is 16.0 Å². The van der Waals surface area contributed by atoms with E-state index in [9.17, 15) is 18.0 Å². The van der Waals surface area contributed by atoms with E-state index in [4.69, 9.17) is 10.3 Å². The summed E-state index contributed by atoms with van der Waals surface area (Å²) < 4.78 is 34.9. The molecule has 3 amide bonds. The van der Waals surface area contributed by atoms with E-state index in [1.165, 1.54) is 4.90 Å². The molecule has 2 aliphatic heterocycles. The van der Waals surface area contributed by atoms with Crippen molar-refractivity contribution in [3.05, 3.63) is 0 Å². The number of rotatable bonds is 4. The van der Waals surface area contributed by atoms with Crippen LogP contribution in [0.3, 0.4) is 0 Å². The Morgan fingerprint density at radius 2 is 1.96 bits per heavy atom. The summed E-state index contributed by atoms with van der Waals surface area (Å²) >= 11 is 0. The first-order valence-corrected chi connectivity index (χ1v) is 9.85. The molecule has 4 rings (SSSR count). The number of amides is 3. The van der Waals surface area contributed by atoms with Crippen LogP contribution < -0.4 is 11.1 Å². The Bertz CT molecular complexity index is 698. The second-order valence-electron chi connectivity index (χ2n) is 7.79. The van der Waals surface area contributed by atoms with Crippen molar-refractivity contribution in [2.75, 3.05) is 6.54 Å². The second-order valence-corrected chi connectivity index (χ2v) is 8.80. The molecule has 0 aromatic carbocycles. The molecule has 2 atom stereocenters. The molecule has 11 heteroatoms. The summed E-state index contributed by atoms with van der Waals surface area (Å²) in [6.07, 6.45) is 4.73. The zero-order chi connectivity index (χ0) is 18.0. The Morgan fingerprint density at radius 3 is 2.56 bits per heavy atom. The van der Waals surface area contributed by atoms with Crippen molar-refractivity contribution in [1.82, 2.24) is 15.3 Å². The number of hydrogen-bond acceptors (Lipinski definition) is 6. The van der Waals surface area contributed by atoms with Gasteiger partial charge >= 0.3 is 16.4 Å². The molecule has 4 fully saturated rings. The van der Waals surface area contributed by atoms with Crippen LogP contribution in [0.4, 0.5) is 4.79 Å². The van der Waals surface area contributed by atoms with E-state index >= 15 is 0 Å². The molecule has 2 aliphatic carbocycles. The van der Waals surface area contributed by atoms with Gasteiger partial charge in [0, 0.05) is 18.6 Å². The molecule has 140 valence electrons. The van der Waals surface area contributed by atoms with Gasteiger partial charge in [0.1, 0.15) is 6.04 Å². The lowest BCUT2D eigenvalue weighted by Gasteiger charge is -2.57. The van der Waals surface area contributed by atoms with Crippen molar-refractivity contribution in [2.24, 2.45) is 11.1 Å². The number of piperidine rings is 1. The van der Waals surface area contributed by atoms with Gasteiger partial charge in [-0.05, 0) is 43.9 Å². The average molecular weight is 374 g/mol. The minimum atomic E-state index is -4.78. The van der Waals surface area contributed by atoms with Crippen molar-refractivity contribution in [3.63, 3.8) is 0 Å². The smallest absolute Gasteiger partial charge is 0.352 e. The van der Waals surface area contributed by atoms with Crippen LogP contribution in [-0.2, 0) is 19.5 Å². The van der Waals surface area contributed by atoms with Crippen LogP contribution >= 0.6 is 0 Å². The number of carbonyl (C=O) groups is 2. The molecule has 0 radical (unpaired) electrons. The SMILES string of the molecule is NC1CC2(C1)CC(NC(=O)C1CCC3CN1C(=O)N3OS(=O)(=O)O)C2. The Kier molecular flexibility index (Phi) is 3.76. The zero-order valence-corrected chi connectivity index (χ0v) is 14.4. The van der Waals surface area contributed by atoms with Crippen LogP contribution in [-0.4, -0.2) is 65.6 Å². The number of fused-ring (bicyclic) bond motifs is 2. The highest BCUT2D eigenvalue weighted by Gasteiger charge is 2.53. The summed E-state index contributed by atoms with van der Waals surface area (Å²) in [5, 5.41) is 3.64. The van der Waals surface area contributed by atoms with Gasteiger partial charge in [0.15, 0.2) is 0 Å². The highest BCUT2D eigenvalue weighted by Crippen LogP contribution is 2.55. The quantitative estimate of drug-likeness (QED) is 0.556. The molecular formula is C14H22N4O6S. The normalized spacial score (nSPS) is 40.0. The predicted octanol–water partition coefficient (Wildman–Crippen LogP) is -0.624. The van der Waals surface area contributed by atoms with Crippen LogP contribution in [0.5, 0.6) is 0 Å². The Balaban J connectivity index is 1.35. The third kappa shape index (κ3) is 2.98. The Morgan fingerprint density at radius 1 is 1.28 bits per heavy atom. The fraction of sp³-hybridized carbons (Fsp3) is 0.857. The lowest BCUT2D eigenvalue weighted by Crippen LogP contribution is -2.61. The van der Waals surface area contributed by atoms with Gasteiger partial charge in [-0.15, -0.1) is 4.28 Å². The molecule has 2 heterocycles. The number of hydroxylamine groups is 2. The lowest BCUT2D eigenvalue weighted by molar-refractivity contribution is -0.129. The van der Waals surface area contributed by atoms with Crippen LogP contribution in [0.1, 0.15) is 38.5 Å². The molecule has 2 bridgehead atoms. The molecule has 25 heavy (non-hydrogen) atoms. The molecule has 0 aromatic rings. The van der Waals surface area contributed by atoms with Crippen molar-refractivity contribution in [2.45, 2.75) is 62.7 Å². The average Bonchev–Trinajstić information content (AvgIpc) is 2.67. The fourth-order valence-corrected chi connectivity index (χ4v) is 5.26. The van der Waals surface area contributed by atoms with E-state index in [1.54, 1.807) is 0 Å². The summed E-state index contributed by atoms with van der Waals surface area (Å²) in [6.45, 7) is 0.204. The maximum Gasteiger partial charge on any atom is 0.418 e. The zero-order valence-electron chi connectivity index (χ0n) is 13.6. The molecule has 1 spiro atoms. The number of urea groups is 1. The third-order valence-electron chi connectivity index (χ3n) is 5.90. The standard InChI is InChI=1S/C14H22N4O6S/c15-8-3-14(4-8)5-9(6-14)16-12(19)11-2-1-10-7-17(11)13(20)18(10)24-25(21,22)23/h8-11H,1-7,15H2,(H,16,19)(H,21,22,23). The van der Waals surface area contributed by atoms with Gasteiger partial charge in [-0.2, -0.15) is 13.5 Å². The van der Waals surface area contributed by atoms with Gasteiger partial charge in [0.2, 0.25) is 5.91 Å². The van der Waals surface area contributed by atoms with E-state index in [0.29, 0.717) is 23.3 Å². The molecular weight excluding hydrogens is 352 g/mol. The van der Waals surface area contributed by atoms with Gasteiger partial charge in [0.05, 0.1) is 6.04 Å². The summed E-state index contributed by atoms with van der Waals surface area (Å²) in [7, 11) is -4.78. The van der Waals surface area contributed by atoms with E-state index in [0.717, 1.165) is 25.7 Å². The highest BCUT2D eigenvalue weighted by atomic mass is 32.3. The number of carbonyl (C=O) groups excluding carboxylic acids is 2. The summed E-state index contributed by atoms with van der Waals surface area (Å²) in [6, 6.07) is -1.44. The third-order valence-corrected chi connectivity index (χ3v) is 6.24. The minimum absolute atomic E-state index is 0.112. The second kappa shape index (κ2) is 5.53. The lowest BCUT2D eigenvalue weighted by atomic mass is 9.52. The highest BCUT2D eigenvalue weighted by molar-refractivity contribution is 7.80. The van der Waals surface area contributed by atoms with E-state index < -0.39 is 28.5 Å². The number of nitrogens with one attached hydrogen (secondary N) is 1. The van der Waals surface area contributed by atoms with E-state index in [-0.39, 0.29) is 24.5 Å². The molecule has 4 aliphatic rings. The Hall–Kier alpha value is -1.43. The van der Waals surface area contributed by atoms with Crippen molar-refractivity contribution in [1.29, 1.82) is 0 Å². The molecule has 2 unspecified atom stereocenters. The first-order chi connectivity index (χ1) is 11.7. The Labute approximate surface area is 145 Å². The monoisotopic (exact) mass is 374 g/mol. The molecule has 0 aromatic heterocycles. The van der Waals surface area contributed by atoms with Crippen LogP contribution in [0, 0.1) is 5.41 Å². The number of nitrogens with two attached hydrogens (primary N) is 1. The van der Waals surface area contributed by atoms with Gasteiger partial charge in [-0.25, -0.2) is 4.79 Å². The minimum Gasteiger partial charge on any atom is -0.352 e. The maximum atomic E-state index is 12.6. The van der Waals surface area contributed by atoms with Crippen molar-refractivity contribution >= 4 is 22.3 Å². The molecule has 10 nitrogen and oxygen atoms in total. The topological polar surface area (TPSA) is 142 Å². The summed E-state index contributed by atoms with van der Waals surface area (Å²) in [5.41, 5.74) is 6.14. The van der Waals surface area contributed by atoms with Crippen LogP contribution in [0.25, 0.3) is 0 Å². The van der Waals surface area contributed by atoms with Gasteiger partial charge in [-0.1, -0.05) is 0 Å². The number of hydrogen-bond donors (Lipinski definition) is 3. The van der Waals surface area contributed by atoms with Crippen LogP contribution in [0.15, 0.2) is 0 Å². The maximum absolute atomic E-state index is 12.6.